The predicted octanol–water partition coefficient (Wildman–Crippen LogP) is 2.76. The monoisotopic (exact) mass is 304 g/mol. The van der Waals surface area contributed by atoms with Crippen molar-refractivity contribution in [1.82, 2.24) is 9.80 Å². The van der Waals surface area contributed by atoms with Gasteiger partial charge in [-0.3, -0.25) is 9.59 Å². The van der Waals surface area contributed by atoms with Crippen molar-refractivity contribution in [3.8, 4) is 0 Å². The summed E-state index contributed by atoms with van der Waals surface area (Å²) in [6, 6.07) is 0.284. The lowest BCUT2D eigenvalue weighted by Crippen LogP contribution is -2.50. The smallest absolute Gasteiger partial charge is 0.245 e. The van der Waals surface area contributed by atoms with Gasteiger partial charge >= 0.3 is 0 Å². The first kappa shape index (κ1) is 16.8. The van der Waals surface area contributed by atoms with E-state index in [9.17, 15) is 9.59 Å². The van der Waals surface area contributed by atoms with Gasteiger partial charge in [0.05, 0.1) is 0 Å². The van der Waals surface area contributed by atoms with Crippen molar-refractivity contribution < 1.29 is 9.59 Å². The quantitative estimate of drug-likeness (QED) is 0.579. The Balaban J connectivity index is 1.96. The number of carbonyl (C=O) groups excluding carboxylic acids is 2. The number of piperidine rings is 1. The minimum absolute atomic E-state index is 0.00392. The molecule has 0 radical (unpaired) electrons. The average Bonchev–Trinajstić information content (AvgIpc) is 2.59. The van der Waals surface area contributed by atoms with Crippen molar-refractivity contribution in [2.24, 2.45) is 5.92 Å². The molecule has 0 saturated carbocycles. The maximum atomic E-state index is 12.9. The maximum absolute atomic E-state index is 12.9. The fourth-order valence-electron chi connectivity index (χ4n) is 3.49. The summed E-state index contributed by atoms with van der Waals surface area (Å²) in [4.78, 5) is 28.5. The molecule has 1 aliphatic carbocycles. The SMILES string of the molecule is C=CC(=O)N1CCC(N(CCC)C(=O)[C@H]2CC=CCC2)CC1. The Hall–Kier alpha value is -1.58. The summed E-state index contributed by atoms with van der Waals surface area (Å²) in [6.45, 7) is 7.96. The highest BCUT2D eigenvalue weighted by Crippen LogP contribution is 2.25. The second kappa shape index (κ2) is 8.16. The predicted molar refractivity (Wildman–Crippen MR) is 88.3 cm³/mol. The number of hydrogen-bond donors (Lipinski definition) is 0. The molecule has 4 nitrogen and oxygen atoms in total. The lowest BCUT2D eigenvalue weighted by Gasteiger charge is -2.40. The number of likely N-dealkylation sites (tertiary alicyclic amines) is 1. The highest BCUT2D eigenvalue weighted by molar-refractivity contribution is 5.87. The molecular weight excluding hydrogens is 276 g/mol. The molecule has 0 spiro atoms. The molecule has 1 saturated heterocycles. The fourth-order valence-corrected chi connectivity index (χ4v) is 3.49. The second-order valence-electron chi connectivity index (χ2n) is 6.27. The Morgan fingerprint density at radius 2 is 2.00 bits per heavy atom. The lowest BCUT2D eigenvalue weighted by atomic mass is 9.91. The number of allylic oxidation sites excluding steroid dienone is 2. The Kier molecular flexibility index (Phi) is 6.22. The third kappa shape index (κ3) is 3.99. The zero-order chi connectivity index (χ0) is 15.9. The largest absolute Gasteiger partial charge is 0.339 e. The molecule has 0 aromatic heterocycles. The molecule has 0 aromatic rings. The van der Waals surface area contributed by atoms with Crippen molar-refractivity contribution in [2.75, 3.05) is 19.6 Å². The van der Waals surface area contributed by atoms with Crippen LogP contribution in [0.1, 0.15) is 45.4 Å². The van der Waals surface area contributed by atoms with Gasteiger partial charge < -0.3 is 9.80 Å². The number of amides is 2. The molecule has 2 aliphatic rings. The zero-order valence-corrected chi connectivity index (χ0v) is 13.7. The molecule has 0 unspecified atom stereocenters. The van der Waals surface area contributed by atoms with Crippen molar-refractivity contribution in [3.63, 3.8) is 0 Å². The van der Waals surface area contributed by atoms with E-state index in [2.05, 4.69) is 30.6 Å². The summed E-state index contributed by atoms with van der Waals surface area (Å²) in [6.07, 6.45) is 11.3. The second-order valence-corrected chi connectivity index (χ2v) is 6.27. The Morgan fingerprint density at radius 1 is 1.27 bits per heavy atom. The van der Waals surface area contributed by atoms with Crippen LogP contribution in [0.15, 0.2) is 24.8 Å². The summed E-state index contributed by atoms with van der Waals surface area (Å²) in [5.74, 6) is 0.480. The zero-order valence-electron chi connectivity index (χ0n) is 13.7. The molecule has 22 heavy (non-hydrogen) atoms. The van der Waals surface area contributed by atoms with E-state index in [0.717, 1.165) is 58.2 Å². The van der Waals surface area contributed by atoms with Gasteiger partial charge in [0.25, 0.3) is 0 Å². The molecular formula is C18H28N2O2. The first-order valence-electron chi connectivity index (χ1n) is 8.54. The van der Waals surface area contributed by atoms with Crippen LogP contribution in [0, 0.1) is 5.92 Å². The van der Waals surface area contributed by atoms with E-state index >= 15 is 0 Å². The van der Waals surface area contributed by atoms with Crippen LogP contribution in [0.4, 0.5) is 0 Å². The first-order chi connectivity index (χ1) is 10.7. The first-order valence-corrected chi connectivity index (χ1v) is 8.54. The van der Waals surface area contributed by atoms with Crippen LogP contribution in [0.3, 0.4) is 0 Å². The van der Waals surface area contributed by atoms with Gasteiger partial charge in [0.2, 0.25) is 11.8 Å². The maximum Gasteiger partial charge on any atom is 0.245 e. The van der Waals surface area contributed by atoms with Crippen LogP contribution in [0.5, 0.6) is 0 Å². The number of hydrogen-bond acceptors (Lipinski definition) is 2. The molecule has 0 aromatic carbocycles. The van der Waals surface area contributed by atoms with Crippen LogP contribution in [-0.4, -0.2) is 47.3 Å². The van der Waals surface area contributed by atoms with Gasteiger partial charge in [-0.05, 0) is 44.6 Å². The number of nitrogens with zero attached hydrogens (tertiary/aromatic N) is 2. The number of carbonyl (C=O) groups is 2. The summed E-state index contributed by atoms with van der Waals surface area (Å²) in [5.41, 5.74) is 0. The molecule has 1 aliphatic heterocycles. The standard InChI is InChI=1S/C18H28N2O2/c1-3-12-20(18(22)15-8-6-5-7-9-15)16-10-13-19(14-11-16)17(21)4-2/h4-6,15-16H,2-3,7-14H2,1H3/t15-/m0/s1. The summed E-state index contributed by atoms with van der Waals surface area (Å²) < 4.78 is 0. The van der Waals surface area contributed by atoms with E-state index in [-0.39, 0.29) is 17.9 Å². The molecule has 1 fully saturated rings. The molecule has 2 rings (SSSR count). The van der Waals surface area contributed by atoms with E-state index in [0.29, 0.717) is 5.91 Å². The van der Waals surface area contributed by atoms with Crippen molar-refractivity contribution in [2.45, 2.75) is 51.5 Å². The Morgan fingerprint density at radius 3 is 2.55 bits per heavy atom. The molecule has 1 atom stereocenters. The minimum atomic E-state index is 0.00392. The van der Waals surface area contributed by atoms with Gasteiger partial charge in [-0.15, -0.1) is 0 Å². The van der Waals surface area contributed by atoms with Crippen LogP contribution in [0.2, 0.25) is 0 Å². The number of rotatable bonds is 5. The van der Waals surface area contributed by atoms with Gasteiger partial charge in [0.1, 0.15) is 0 Å². The average molecular weight is 304 g/mol. The van der Waals surface area contributed by atoms with E-state index in [4.69, 9.17) is 0 Å². The Labute approximate surface area is 133 Å². The molecule has 2 amide bonds. The molecule has 122 valence electrons. The third-order valence-electron chi connectivity index (χ3n) is 4.76. The van der Waals surface area contributed by atoms with Crippen LogP contribution in [-0.2, 0) is 9.59 Å². The fraction of sp³-hybridized carbons (Fsp3) is 0.667. The van der Waals surface area contributed by atoms with E-state index in [1.54, 1.807) is 0 Å². The molecule has 4 heteroatoms. The highest BCUT2D eigenvalue weighted by Gasteiger charge is 2.31. The summed E-state index contributed by atoms with van der Waals surface area (Å²) >= 11 is 0. The topological polar surface area (TPSA) is 40.6 Å². The van der Waals surface area contributed by atoms with Crippen LogP contribution < -0.4 is 0 Å². The Bertz CT molecular complexity index is 436. The molecule has 1 heterocycles. The van der Waals surface area contributed by atoms with E-state index < -0.39 is 0 Å². The minimum Gasteiger partial charge on any atom is -0.339 e. The van der Waals surface area contributed by atoms with E-state index in [1.165, 1.54) is 6.08 Å². The van der Waals surface area contributed by atoms with E-state index in [1.807, 2.05) is 4.90 Å². The van der Waals surface area contributed by atoms with Crippen LogP contribution >= 0.6 is 0 Å². The van der Waals surface area contributed by atoms with Crippen molar-refractivity contribution in [1.29, 1.82) is 0 Å². The molecule has 0 N–H and O–H groups in total. The van der Waals surface area contributed by atoms with Gasteiger partial charge in [-0.2, -0.15) is 0 Å². The van der Waals surface area contributed by atoms with Gasteiger partial charge in [0, 0.05) is 31.6 Å². The summed E-state index contributed by atoms with van der Waals surface area (Å²) in [5, 5.41) is 0. The lowest BCUT2D eigenvalue weighted by molar-refractivity contribution is -0.139. The summed E-state index contributed by atoms with van der Waals surface area (Å²) in [7, 11) is 0. The van der Waals surface area contributed by atoms with Gasteiger partial charge in [-0.1, -0.05) is 25.7 Å². The van der Waals surface area contributed by atoms with Crippen LogP contribution in [0.25, 0.3) is 0 Å². The molecule has 0 bridgehead atoms. The highest BCUT2D eigenvalue weighted by atomic mass is 16.2. The van der Waals surface area contributed by atoms with Crippen molar-refractivity contribution >= 4 is 11.8 Å². The third-order valence-corrected chi connectivity index (χ3v) is 4.76. The van der Waals surface area contributed by atoms with Crippen molar-refractivity contribution in [3.05, 3.63) is 24.8 Å². The van der Waals surface area contributed by atoms with Gasteiger partial charge in [-0.25, -0.2) is 0 Å². The normalized spacial score (nSPS) is 22.4. The van der Waals surface area contributed by atoms with Gasteiger partial charge in [0.15, 0.2) is 0 Å².